The molecule has 0 aliphatic heterocycles. The highest BCUT2D eigenvalue weighted by Crippen LogP contribution is 2.23. The maximum Gasteiger partial charge on any atom is 0.254 e. The van der Waals surface area contributed by atoms with Crippen LogP contribution in [0.3, 0.4) is 0 Å². The van der Waals surface area contributed by atoms with Crippen LogP contribution in [-0.2, 0) is 6.54 Å². The van der Waals surface area contributed by atoms with E-state index in [0.29, 0.717) is 23.0 Å². The number of hydrogen-bond acceptors (Lipinski definition) is 3. The fraction of sp³-hybridized carbons (Fsp3) is 0.143. The van der Waals surface area contributed by atoms with E-state index in [0.717, 1.165) is 4.88 Å². The van der Waals surface area contributed by atoms with Gasteiger partial charge in [-0.25, -0.2) is 0 Å². The van der Waals surface area contributed by atoms with E-state index in [4.69, 9.17) is 11.6 Å². The maximum absolute atomic E-state index is 12.4. The highest BCUT2D eigenvalue weighted by atomic mass is 35.5. The summed E-state index contributed by atoms with van der Waals surface area (Å²) in [6.07, 6.45) is 3.12. The van der Waals surface area contributed by atoms with Gasteiger partial charge in [0.1, 0.15) is 0 Å². The Morgan fingerprint density at radius 2 is 2.25 bits per heavy atom. The molecule has 0 aromatic carbocycles. The lowest BCUT2D eigenvalue weighted by molar-refractivity contribution is 0.0764. The normalized spacial score (nSPS) is 10.2. The number of thiophene rings is 1. The average molecular weight is 309 g/mol. The smallest absolute Gasteiger partial charge is 0.254 e. The van der Waals surface area contributed by atoms with Gasteiger partial charge < -0.3 is 9.88 Å². The number of pyridine rings is 1. The summed E-state index contributed by atoms with van der Waals surface area (Å²) in [5, 5.41) is 0. The Labute approximate surface area is 125 Å². The number of nitrogens with zero attached hydrogens (tertiary/aromatic N) is 1. The Morgan fingerprint density at radius 3 is 2.85 bits per heavy atom. The molecule has 0 saturated carbocycles. The number of halogens is 1. The summed E-state index contributed by atoms with van der Waals surface area (Å²) in [4.78, 5) is 28.8. The molecular formula is C14H13ClN2O2S. The lowest BCUT2D eigenvalue weighted by atomic mass is 10.2. The molecule has 1 N–H and O–H groups in total. The predicted octanol–water partition coefficient (Wildman–Crippen LogP) is 2.92. The molecule has 104 valence electrons. The molecule has 2 heterocycles. The molecule has 0 spiro atoms. The van der Waals surface area contributed by atoms with E-state index in [2.05, 4.69) is 11.6 Å². The van der Waals surface area contributed by atoms with Crippen molar-refractivity contribution in [2.75, 3.05) is 6.54 Å². The van der Waals surface area contributed by atoms with Crippen molar-refractivity contribution in [3.05, 3.63) is 68.2 Å². The van der Waals surface area contributed by atoms with Crippen LogP contribution in [0.4, 0.5) is 0 Å². The monoisotopic (exact) mass is 308 g/mol. The van der Waals surface area contributed by atoms with Crippen LogP contribution in [0, 0.1) is 0 Å². The van der Waals surface area contributed by atoms with Crippen molar-refractivity contribution in [2.24, 2.45) is 0 Å². The topological polar surface area (TPSA) is 53.2 Å². The number of nitrogens with one attached hydrogen (secondary N) is 1. The molecule has 4 nitrogen and oxygen atoms in total. The van der Waals surface area contributed by atoms with Gasteiger partial charge in [-0.2, -0.15) is 0 Å². The van der Waals surface area contributed by atoms with Gasteiger partial charge in [0.25, 0.3) is 5.91 Å². The van der Waals surface area contributed by atoms with E-state index >= 15 is 0 Å². The van der Waals surface area contributed by atoms with Crippen molar-refractivity contribution < 1.29 is 4.79 Å². The van der Waals surface area contributed by atoms with E-state index in [-0.39, 0.29) is 11.5 Å². The number of rotatable bonds is 5. The second kappa shape index (κ2) is 6.54. The second-order valence-electron chi connectivity index (χ2n) is 4.12. The zero-order valence-electron chi connectivity index (χ0n) is 10.6. The summed E-state index contributed by atoms with van der Waals surface area (Å²) in [6, 6.07) is 6.56. The Kier molecular flexibility index (Phi) is 4.76. The molecule has 1 amide bonds. The van der Waals surface area contributed by atoms with Gasteiger partial charge in [0, 0.05) is 29.2 Å². The molecular weight excluding hydrogens is 296 g/mol. The fourth-order valence-electron chi connectivity index (χ4n) is 1.76. The van der Waals surface area contributed by atoms with Gasteiger partial charge in [-0.1, -0.05) is 17.7 Å². The minimum atomic E-state index is -0.298. The number of carbonyl (C=O) groups excluding carboxylic acids is 1. The minimum absolute atomic E-state index is 0.208. The van der Waals surface area contributed by atoms with Crippen LogP contribution in [0.25, 0.3) is 0 Å². The molecule has 2 aromatic heterocycles. The zero-order chi connectivity index (χ0) is 14.5. The lowest BCUT2D eigenvalue weighted by Crippen LogP contribution is -2.31. The first-order valence-electron chi connectivity index (χ1n) is 5.93. The maximum atomic E-state index is 12.4. The lowest BCUT2D eigenvalue weighted by Gasteiger charge is -2.20. The van der Waals surface area contributed by atoms with Crippen molar-refractivity contribution in [2.45, 2.75) is 6.54 Å². The quantitative estimate of drug-likeness (QED) is 0.863. The van der Waals surface area contributed by atoms with E-state index in [1.807, 2.05) is 6.07 Å². The molecule has 0 fully saturated rings. The highest BCUT2D eigenvalue weighted by molar-refractivity contribution is 7.16. The first-order valence-corrected chi connectivity index (χ1v) is 7.12. The van der Waals surface area contributed by atoms with Crippen LogP contribution in [0.1, 0.15) is 15.2 Å². The molecule has 2 aromatic rings. The van der Waals surface area contributed by atoms with Crippen LogP contribution >= 0.6 is 22.9 Å². The van der Waals surface area contributed by atoms with Crippen LogP contribution in [-0.4, -0.2) is 22.3 Å². The predicted molar refractivity (Wildman–Crippen MR) is 81.3 cm³/mol. The summed E-state index contributed by atoms with van der Waals surface area (Å²) in [5.74, 6) is -0.208. The van der Waals surface area contributed by atoms with E-state index in [9.17, 15) is 9.59 Å². The molecule has 6 heteroatoms. The van der Waals surface area contributed by atoms with E-state index < -0.39 is 0 Å². The third-order valence-corrected chi connectivity index (χ3v) is 3.85. The van der Waals surface area contributed by atoms with Crippen molar-refractivity contribution in [1.82, 2.24) is 9.88 Å². The number of carbonyl (C=O) groups is 1. The van der Waals surface area contributed by atoms with Gasteiger partial charge in [-0.3, -0.25) is 9.59 Å². The molecule has 0 atom stereocenters. The van der Waals surface area contributed by atoms with Gasteiger partial charge >= 0.3 is 0 Å². The third-order valence-electron chi connectivity index (χ3n) is 2.63. The van der Waals surface area contributed by atoms with Gasteiger partial charge in [0.15, 0.2) is 0 Å². The van der Waals surface area contributed by atoms with Gasteiger partial charge in [-0.15, -0.1) is 17.9 Å². The molecule has 0 radical (unpaired) electrons. The number of H-pyrrole nitrogens is 1. The highest BCUT2D eigenvalue weighted by Gasteiger charge is 2.16. The molecule has 0 unspecified atom stereocenters. The molecule has 0 bridgehead atoms. The first-order chi connectivity index (χ1) is 9.60. The number of aromatic nitrogens is 1. The van der Waals surface area contributed by atoms with Crippen molar-refractivity contribution in [1.29, 1.82) is 0 Å². The Bertz CT molecular complexity index is 678. The summed E-state index contributed by atoms with van der Waals surface area (Å²) >= 11 is 7.31. The molecule has 2 rings (SSSR count). The van der Waals surface area contributed by atoms with Crippen LogP contribution in [0.2, 0.25) is 4.34 Å². The molecule has 0 aliphatic rings. The molecule has 20 heavy (non-hydrogen) atoms. The second-order valence-corrected chi connectivity index (χ2v) is 5.92. The van der Waals surface area contributed by atoms with Gasteiger partial charge in [0.2, 0.25) is 5.56 Å². The third kappa shape index (κ3) is 3.59. The zero-order valence-corrected chi connectivity index (χ0v) is 12.2. The molecule has 0 aliphatic carbocycles. The minimum Gasteiger partial charge on any atom is -0.330 e. The van der Waals surface area contributed by atoms with Crippen LogP contribution < -0.4 is 5.56 Å². The van der Waals surface area contributed by atoms with Crippen molar-refractivity contribution in [3.8, 4) is 0 Å². The van der Waals surface area contributed by atoms with Crippen molar-refractivity contribution in [3.63, 3.8) is 0 Å². The Balaban J connectivity index is 2.21. The number of hydrogen-bond donors (Lipinski definition) is 1. The van der Waals surface area contributed by atoms with Crippen LogP contribution in [0.15, 0.2) is 47.9 Å². The van der Waals surface area contributed by atoms with Gasteiger partial charge in [-0.05, 0) is 18.2 Å². The SMILES string of the molecule is C=CCN(Cc1ccc(Cl)s1)C(=O)c1cc[nH]c(=O)c1. The number of aromatic amines is 1. The van der Waals surface area contributed by atoms with Crippen molar-refractivity contribution >= 4 is 28.8 Å². The summed E-state index contributed by atoms with van der Waals surface area (Å²) in [6.45, 7) is 4.50. The first kappa shape index (κ1) is 14.6. The fourth-order valence-corrected chi connectivity index (χ4v) is 2.86. The summed E-state index contributed by atoms with van der Waals surface area (Å²) in [7, 11) is 0. The standard InChI is InChI=1S/C14H13ClN2O2S/c1-2-7-17(9-11-3-4-12(15)20-11)14(19)10-5-6-16-13(18)8-10/h2-6,8H,1,7,9H2,(H,16,18). The summed E-state index contributed by atoms with van der Waals surface area (Å²) in [5.41, 5.74) is 0.0619. The number of amides is 1. The Morgan fingerprint density at radius 1 is 1.45 bits per heavy atom. The Hall–Kier alpha value is -1.85. The van der Waals surface area contributed by atoms with E-state index in [1.54, 1.807) is 23.1 Å². The largest absolute Gasteiger partial charge is 0.330 e. The summed E-state index contributed by atoms with van der Waals surface area (Å²) < 4.78 is 0.683. The average Bonchev–Trinajstić information content (AvgIpc) is 2.83. The van der Waals surface area contributed by atoms with E-state index in [1.165, 1.54) is 23.6 Å². The van der Waals surface area contributed by atoms with Crippen LogP contribution in [0.5, 0.6) is 0 Å². The van der Waals surface area contributed by atoms with Gasteiger partial charge in [0.05, 0.1) is 10.9 Å². The molecule has 0 saturated heterocycles.